The van der Waals surface area contributed by atoms with Crippen LogP contribution < -0.4 is 5.56 Å². The lowest BCUT2D eigenvalue weighted by Crippen LogP contribution is -2.44. The zero-order chi connectivity index (χ0) is 12.4. The summed E-state index contributed by atoms with van der Waals surface area (Å²) in [5.41, 5.74) is 0.0685. The van der Waals surface area contributed by atoms with Gasteiger partial charge in [0.1, 0.15) is 5.56 Å². The molecule has 1 aliphatic rings. The third kappa shape index (κ3) is 2.25. The Morgan fingerprint density at radius 2 is 2.18 bits per heavy atom. The van der Waals surface area contributed by atoms with Gasteiger partial charge in [0.25, 0.3) is 11.5 Å². The molecular formula is C13H18N2O2. The summed E-state index contributed by atoms with van der Waals surface area (Å²) in [6, 6.07) is 3.59. The predicted molar refractivity (Wildman–Crippen MR) is 66.0 cm³/mol. The molecule has 92 valence electrons. The molecular weight excluding hydrogens is 216 g/mol. The Labute approximate surface area is 101 Å². The van der Waals surface area contributed by atoms with Gasteiger partial charge in [-0.2, -0.15) is 0 Å². The standard InChI is InChI=1S/C13H18N2O2/c1-10-6-3-4-9-15(10)13(17)11-7-5-8-14(2)12(11)16/h5,7-8,10H,3-4,6,9H2,1-2H3. The number of aromatic nitrogens is 1. The lowest BCUT2D eigenvalue weighted by atomic mass is 10.0. The molecule has 0 spiro atoms. The molecule has 1 aromatic rings. The van der Waals surface area contributed by atoms with Crippen LogP contribution in [0.1, 0.15) is 36.5 Å². The molecule has 0 aromatic carbocycles. The lowest BCUT2D eigenvalue weighted by Gasteiger charge is -2.33. The van der Waals surface area contributed by atoms with Crippen LogP contribution in [0.5, 0.6) is 0 Å². The molecule has 1 aliphatic heterocycles. The minimum Gasteiger partial charge on any atom is -0.336 e. The summed E-state index contributed by atoms with van der Waals surface area (Å²) in [5, 5.41) is 0. The van der Waals surface area contributed by atoms with Gasteiger partial charge in [-0.05, 0) is 38.3 Å². The Morgan fingerprint density at radius 1 is 1.41 bits per heavy atom. The number of pyridine rings is 1. The van der Waals surface area contributed by atoms with E-state index < -0.39 is 0 Å². The van der Waals surface area contributed by atoms with Crippen molar-refractivity contribution < 1.29 is 4.79 Å². The van der Waals surface area contributed by atoms with Gasteiger partial charge >= 0.3 is 0 Å². The van der Waals surface area contributed by atoms with E-state index in [1.165, 1.54) is 4.57 Å². The highest BCUT2D eigenvalue weighted by Gasteiger charge is 2.25. The molecule has 0 bridgehead atoms. The Balaban J connectivity index is 2.30. The maximum absolute atomic E-state index is 12.3. The van der Waals surface area contributed by atoms with Crippen LogP contribution in [-0.4, -0.2) is 28.0 Å². The number of rotatable bonds is 1. The smallest absolute Gasteiger partial charge is 0.263 e. The molecule has 1 saturated heterocycles. The molecule has 2 heterocycles. The quantitative estimate of drug-likeness (QED) is 0.737. The number of amides is 1. The van der Waals surface area contributed by atoms with Crippen molar-refractivity contribution in [3.8, 4) is 0 Å². The number of likely N-dealkylation sites (tertiary alicyclic amines) is 1. The van der Waals surface area contributed by atoms with Crippen molar-refractivity contribution >= 4 is 5.91 Å². The zero-order valence-corrected chi connectivity index (χ0v) is 10.3. The van der Waals surface area contributed by atoms with Gasteiger partial charge in [0.05, 0.1) is 0 Å². The molecule has 0 radical (unpaired) electrons. The first-order valence-corrected chi connectivity index (χ1v) is 6.08. The third-order valence-electron chi connectivity index (χ3n) is 3.42. The summed E-state index contributed by atoms with van der Waals surface area (Å²) in [6.45, 7) is 2.81. The fraction of sp³-hybridized carbons (Fsp3) is 0.538. The molecule has 1 amide bonds. The maximum Gasteiger partial charge on any atom is 0.263 e. The van der Waals surface area contributed by atoms with Crippen molar-refractivity contribution in [2.24, 2.45) is 7.05 Å². The van der Waals surface area contributed by atoms with Crippen LogP contribution in [0.25, 0.3) is 0 Å². The monoisotopic (exact) mass is 234 g/mol. The van der Waals surface area contributed by atoms with Gasteiger partial charge in [0.2, 0.25) is 0 Å². The van der Waals surface area contributed by atoms with Gasteiger partial charge in [-0.15, -0.1) is 0 Å². The Hall–Kier alpha value is -1.58. The van der Waals surface area contributed by atoms with Gasteiger partial charge in [-0.1, -0.05) is 0 Å². The number of nitrogens with zero attached hydrogens (tertiary/aromatic N) is 2. The van der Waals surface area contributed by atoms with E-state index in [1.54, 1.807) is 25.4 Å². The molecule has 1 fully saturated rings. The summed E-state index contributed by atoms with van der Waals surface area (Å²) in [5.74, 6) is -0.126. The fourth-order valence-electron chi connectivity index (χ4n) is 2.31. The van der Waals surface area contributed by atoms with Crippen LogP contribution in [-0.2, 0) is 7.05 Å². The summed E-state index contributed by atoms with van der Waals surface area (Å²) >= 11 is 0. The highest BCUT2D eigenvalue weighted by Crippen LogP contribution is 2.18. The van der Waals surface area contributed by atoms with Crippen molar-refractivity contribution in [1.82, 2.24) is 9.47 Å². The molecule has 0 saturated carbocycles. The van der Waals surface area contributed by atoms with Gasteiger partial charge in [0, 0.05) is 25.8 Å². The fourth-order valence-corrected chi connectivity index (χ4v) is 2.31. The molecule has 0 N–H and O–H groups in total. The largest absolute Gasteiger partial charge is 0.336 e. The summed E-state index contributed by atoms with van der Waals surface area (Å²) in [6.07, 6.45) is 4.89. The highest BCUT2D eigenvalue weighted by molar-refractivity contribution is 5.94. The van der Waals surface area contributed by atoms with Gasteiger partial charge in [-0.3, -0.25) is 9.59 Å². The van der Waals surface area contributed by atoms with Gasteiger partial charge in [0.15, 0.2) is 0 Å². The summed E-state index contributed by atoms with van der Waals surface area (Å²) < 4.78 is 1.45. The first-order valence-electron chi connectivity index (χ1n) is 6.08. The van der Waals surface area contributed by atoms with Crippen LogP contribution in [0, 0.1) is 0 Å². The molecule has 2 rings (SSSR count). The molecule has 1 aromatic heterocycles. The Morgan fingerprint density at radius 3 is 2.88 bits per heavy atom. The van der Waals surface area contributed by atoms with Crippen molar-refractivity contribution in [3.05, 3.63) is 34.2 Å². The summed E-state index contributed by atoms with van der Waals surface area (Å²) in [7, 11) is 1.67. The van der Waals surface area contributed by atoms with Crippen LogP contribution in [0.2, 0.25) is 0 Å². The normalized spacial score (nSPS) is 20.4. The topological polar surface area (TPSA) is 42.3 Å². The molecule has 1 atom stereocenters. The number of carbonyl (C=O) groups excluding carboxylic acids is 1. The average molecular weight is 234 g/mol. The number of piperidine rings is 1. The van der Waals surface area contributed by atoms with E-state index in [0.717, 1.165) is 25.8 Å². The SMILES string of the molecule is CC1CCCCN1C(=O)c1cccn(C)c1=O. The van der Waals surface area contributed by atoms with Crippen molar-refractivity contribution in [1.29, 1.82) is 0 Å². The van der Waals surface area contributed by atoms with Crippen molar-refractivity contribution in [3.63, 3.8) is 0 Å². The van der Waals surface area contributed by atoms with Gasteiger partial charge < -0.3 is 9.47 Å². The first kappa shape index (κ1) is 11.9. The Kier molecular flexibility index (Phi) is 3.31. The van der Waals surface area contributed by atoms with Crippen LogP contribution in [0.4, 0.5) is 0 Å². The lowest BCUT2D eigenvalue weighted by molar-refractivity contribution is 0.0633. The number of hydrogen-bond acceptors (Lipinski definition) is 2. The average Bonchev–Trinajstić information content (AvgIpc) is 2.32. The number of hydrogen-bond donors (Lipinski definition) is 0. The molecule has 4 nitrogen and oxygen atoms in total. The van der Waals surface area contributed by atoms with Gasteiger partial charge in [-0.25, -0.2) is 0 Å². The van der Waals surface area contributed by atoms with Crippen molar-refractivity contribution in [2.45, 2.75) is 32.2 Å². The highest BCUT2D eigenvalue weighted by atomic mass is 16.2. The predicted octanol–water partition coefficient (Wildman–Crippen LogP) is 1.40. The molecule has 17 heavy (non-hydrogen) atoms. The van der Waals surface area contributed by atoms with E-state index in [0.29, 0.717) is 0 Å². The third-order valence-corrected chi connectivity index (χ3v) is 3.42. The first-order chi connectivity index (χ1) is 8.11. The number of aryl methyl sites for hydroxylation is 1. The second-order valence-corrected chi connectivity index (χ2v) is 4.68. The Bertz CT molecular complexity index is 479. The molecule has 0 aliphatic carbocycles. The van der Waals surface area contributed by atoms with Crippen LogP contribution >= 0.6 is 0 Å². The van der Waals surface area contributed by atoms with E-state index in [-0.39, 0.29) is 23.1 Å². The van der Waals surface area contributed by atoms with E-state index in [1.807, 2.05) is 11.8 Å². The molecule has 4 heteroatoms. The van der Waals surface area contributed by atoms with Crippen LogP contribution in [0.15, 0.2) is 23.1 Å². The van der Waals surface area contributed by atoms with E-state index in [9.17, 15) is 9.59 Å². The van der Waals surface area contributed by atoms with E-state index in [2.05, 4.69) is 0 Å². The minimum absolute atomic E-state index is 0.126. The number of carbonyl (C=O) groups is 1. The second-order valence-electron chi connectivity index (χ2n) is 4.68. The molecule has 1 unspecified atom stereocenters. The summed E-state index contributed by atoms with van der Waals surface area (Å²) in [4.78, 5) is 26.0. The second kappa shape index (κ2) is 4.73. The minimum atomic E-state index is -0.213. The maximum atomic E-state index is 12.3. The van der Waals surface area contributed by atoms with Crippen molar-refractivity contribution in [2.75, 3.05) is 6.54 Å². The van der Waals surface area contributed by atoms with E-state index >= 15 is 0 Å². The zero-order valence-electron chi connectivity index (χ0n) is 10.3. The van der Waals surface area contributed by atoms with Crippen LogP contribution in [0.3, 0.4) is 0 Å². The van der Waals surface area contributed by atoms with E-state index in [4.69, 9.17) is 0 Å².